The highest BCUT2D eigenvalue weighted by Gasteiger charge is 2.37. The van der Waals surface area contributed by atoms with Crippen LogP contribution in [0.5, 0.6) is 0 Å². The molecule has 1 aromatic heterocycles. The molecular formula is C31H37NO. The Bertz CT molecular complexity index is 1380. The van der Waals surface area contributed by atoms with Gasteiger partial charge in [0.15, 0.2) is 0 Å². The second-order valence-corrected chi connectivity index (χ2v) is 12.3. The van der Waals surface area contributed by atoms with E-state index >= 15 is 0 Å². The summed E-state index contributed by atoms with van der Waals surface area (Å²) in [6.07, 6.45) is 2.45. The standard InChI is InChI=1S/C31H37NO/c1-19-16-22-23(31(7,8)15-14-30(22,5)6)18-25(19)32-24-10-9-11-26-28(24)21-13-12-20(29(2,3)4)17-27(21)33-26/h9-13,16-18,32H,14-15H2,1-8H3. The van der Waals surface area contributed by atoms with Gasteiger partial charge in [-0.25, -0.2) is 0 Å². The van der Waals surface area contributed by atoms with Gasteiger partial charge in [-0.1, -0.05) is 72.7 Å². The van der Waals surface area contributed by atoms with Crippen molar-refractivity contribution < 1.29 is 4.42 Å². The molecule has 1 heterocycles. The van der Waals surface area contributed by atoms with Crippen molar-refractivity contribution in [2.45, 2.75) is 84.5 Å². The fourth-order valence-electron chi connectivity index (χ4n) is 5.40. The Hall–Kier alpha value is -2.74. The van der Waals surface area contributed by atoms with E-state index in [0.717, 1.165) is 27.6 Å². The lowest BCUT2D eigenvalue weighted by Gasteiger charge is -2.42. The molecule has 3 aromatic carbocycles. The summed E-state index contributed by atoms with van der Waals surface area (Å²) in [5.41, 5.74) is 10.2. The van der Waals surface area contributed by atoms with Crippen molar-refractivity contribution in [1.82, 2.24) is 0 Å². The van der Waals surface area contributed by atoms with Crippen molar-refractivity contribution in [1.29, 1.82) is 0 Å². The van der Waals surface area contributed by atoms with Crippen LogP contribution in [0.15, 0.2) is 52.9 Å². The van der Waals surface area contributed by atoms with Crippen LogP contribution in [0.1, 0.15) is 83.6 Å². The first-order valence-corrected chi connectivity index (χ1v) is 12.3. The van der Waals surface area contributed by atoms with Gasteiger partial charge in [-0.15, -0.1) is 0 Å². The molecule has 0 fully saturated rings. The van der Waals surface area contributed by atoms with Crippen molar-refractivity contribution in [3.8, 4) is 0 Å². The summed E-state index contributed by atoms with van der Waals surface area (Å²) >= 11 is 0. The van der Waals surface area contributed by atoms with Crippen LogP contribution in [0.25, 0.3) is 21.9 Å². The number of aryl methyl sites for hydroxylation is 1. The Morgan fingerprint density at radius 2 is 1.45 bits per heavy atom. The number of hydrogen-bond donors (Lipinski definition) is 1. The Kier molecular flexibility index (Phi) is 4.77. The third-order valence-corrected chi connectivity index (χ3v) is 7.83. The van der Waals surface area contributed by atoms with Crippen LogP contribution in [0.4, 0.5) is 11.4 Å². The van der Waals surface area contributed by atoms with E-state index < -0.39 is 0 Å². The van der Waals surface area contributed by atoms with Gasteiger partial charge in [-0.3, -0.25) is 0 Å². The molecule has 2 nitrogen and oxygen atoms in total. The van der Waals surface area contributed by atoms with E-state index in [2.05, 4.69) is 109 Å². The van der Waals surface area contributed by atoms with Gasteiger partial charge in [0.2, 0.25) is 0 Å². The molecule has 1 aliphatic rings. The van der Waals surface area contributed by atoms with Crippen LogP contribution in [-0.2, 0) is 16.2 Å². The fraction of sp³-hybridized carbons (Fsp3) is 0.419. The summed E-state index contributed by atoms with van der Waals surface area (Å²) in [5.74, 6) is 0. The van der Waals surface area contributed by atoms with Crippen molar-refractivity contribution in [2.24, 2.45) is 0 Å². The Balaban J connectivity index is 1.64. The summed E-state index contributed by atoms with van der Waals surface area (Å²) in [6, 6.07) is 17.8. The zero-order chi connectivity index (χ0) is 23.8. The van der Waals surface area contributed by atoms with Gasteiger partial charge in [0.1, 0.15) is 11.2 Å². The van der Waals surface area contributed by atoms with E-state index in [1.807, 2.05) is 0 Å². The maximum Gasteiger partial charge on any atom is 0.137 e. The van der Waals surface area contributed by atoms with Crippen LogP contribution >= 0.6 is 0 Å². The quantitative estimate of drug-likeness (QED) is 0.336. The zero-order valence-corrected chi connectivity index (χ0v) is 21.4. The maximum absolute atomic E-state index is 6.31. The van der Waals surface area contributed by atoms with Gasteiger partial charge in [0.05, 0.1) is 11.1 Å². The predicted molar refractivity (Wildman–Crippen MR) is 142 cm³/mol. The highest BCUT2D eigenvalue weighted by Crippen LogP contribution is 2.48. The number of nitrogens with one attached hydrogen (secondary N) is 1. The lowest BCUT2D eigenvalue weighted by atomic mass is 9.63. The molecule has 0 amide bonds. The van der Waals surface area contributed by atoms with Crippen molar-refractivity contribution in [3.63, 3.8) is 0 Å². The van der Waals surface area contributed by atoms with Crippen LogP contribution in [0.2, 0.25) is 0 Å². The molecule has 0 saturated carbocycles. The molecule has 0 atom stereocenters. The van der Waals surface area contributed by atoms with Crippen molar-refractivity contribution >= 4 is 33.3 Å². The molecule has 0 saturated heterocycles. The van der Waals surface area contributed by atoms with Crippen LogP contribution in [0, 0.1) is 6.92 Å². The first-order valence-electron chi connectivity index (χ1n) is 12.3. The SMILES string of the molecule is Cc1cc2c(cc1Nc1cccc3oc4cc(C(C)(C)C)ccc4c13)C(C)(C)CCC2(C)C. The number of furan rings is 1. The molecule has 5 rings (SSSR count). The van der Waals surface area contributed by atoms with Crippen LogP contribution in [-0.4, -0.2) is 0 Å². The zero-order valence-electron chi connectivity index (χ0n) is 21.4. The summed E-state index contributed by atoms with van der Waals surface area (Å²) < 4.78 is 6.31. The highest BCUT2D eigenvalue weighted by atomic mass is 16.3. The molecule has 0 spiro atoms. The largest absolute Gasteiger partial charge is 0.456 e. The van der Waals surface area contributed by atoms with E-state index in [4.69, 9.17) is 4.42 Å². The lowest BCUT2D eigenvalue weighted by molar-refractivity contribution is 0.332. The van der Waals surface area contributed by atoms with Crippen LogP contribution < -0.4 is 5.32 Å². The molecule has 0 aliphatic heterocycles. The molecule has 0 unspecified atom stereocenters. The summed E-state index contributed by atoms with van der Waals surface area (Å²) in [4.78, 5) is 0. The average Bonchev–Trinajstić information content (AvgIpc) is 3.11. The Morgan fingerprint density at radius 1 is 0.788 bits per heavy atom. The topological polar surface area (TPSA) is 25.2 Å². The molecule has 2 heteroatoms. The lowest BCUT2D eigenvalue weighted by Crippen LogP contribution is -2.34. The van der Waals surface area contributed by atoms with Crippen LogP contribution in [0.3, 0.4) is 0 Å². The molecule has 4 aromatic rings. The second kappa shape index (κ2) is 7.13. The smallest absolute Gasteiger partial charge is 0.137 e. The van der Waals surface area contributed by atoms with Gasteiger partial charge < -0.3 is 9.73 Å². The molecule has 1 aliphatic carbocycles. The predicted octanol–water partition coefficient (Wildman–Crippen LogP) is 9.28. The van der Waals surface area contributed by atoms with Crippen molar-refractivity contribution in [2.75, 3.05) is 5.32 Å². The molecular weight excluding hydrogens is 402 g/mol. The van der Waals surface area contributed by atoms with Gasteiger partial charge in [-0.05, 0) is 82.5 Å². The number of benzene rings is 3. The third-order valence-electron chi connectivity index (χ3n) is 7.83. The third kappa shape index (κ3) is 3.64. The van der Waals surface area contributed by atoms with E-state index in [1.54, 1.807) is 0 Å². The molecule has 0 bridgehead atoms. The number of fused-ring (bicyclic) bond motifs is 4. The molecule has 172 valence electrons. The number of rotatable bonds is 2. The van der Waals surface area contributed by atoms with Crippen molar-refractivity contribution in [3.05, 3.63) is 70.8 Å². The Labute approximate surface area is 198 Å². The normalized spacial score (nSPS) is 17.3. The van der Waals surface area contributed by atoms with E-state index in [0.29, 0.717) is 0 Å². The summed E-state index contributed by atoms with van der Waals surface area (Å²) in [6.45, 7) is 18.5. The summed E-state index contributed by atoms with van der Waals surface area (Å²) in [5, 5.41) is 6.12. The monoisotopic (exact) mass is 439 g/mol. The molecule has 1 N–H and O–H groups in total. The van der Waals surface area contributed by atoms with Gasteiger partial charge in [0.25, 0.3) is 0 Å². The van der Waals surface area contributed by atoms with E-state index in [1.165, 1.54) is 40.8 Å². The minimum atomic E-state index is 0.0923. The minimum Gasteiger partial charge on any atom is -0.456 e. The molecule has 33 heavy (non-hydrogen) atoms. The number of anilines is 2. The first kappa shape index (κ1) is 22.1. The first-order chi connectivity index (χ1) is 15.4. The van der Waals surface area contributed by atoms with Gasteiger partial charge in [0, 0.05) is 11.1 Å². The average molecular weight is 440 g/mol. The van der Waals surface area contributed by atoms with Gasteiger partial charge in [-0.2, -0.15) is 0 Å². The maximum atomic E-state index is 6.31. The highest BCUT2D eigenvalue weighted by molar-refractivity contribution is 6.12. The fourth-order valence-corrected chi connectivity index (χ4v) is 5.40. The van der Waals surface area contributed by atoms with E-state index in [9.17, 15) is 0 Å². The minimum absolute atomic E-state index is 0.0923. The van der Waals surface area contributed by atoms with E-state index in [-0.39, 0.29) is 16.2 Å². The number of hydrogen-bond acceptors (Lipinski definition) is 2. The summed E-state index contributed by atoms with van der Waals surface area (Å²) in [7, 11) is 0. The Morgan fingerprint density at radius 3 is 2.12 bits per heavy atom. The van der Waals surface area contributed by atoms with Gasteiger partial charge >= 0.3 is 0 Å². The molecule has 0 radical (unpaired) electrons. The second-order valence-electron chi connectivity index (χ2n) is 12.3.